The highest BCUT2D eigenvalue weighted by Gasteiger charge is 2.24. The van der Waals surface area contributed by atoms with E-state index >= 15 is 0 Å². The number of thioether (sulfide) groups is 1. The molecule has 134 valence electrons. The molecule has 0 atom stereocenters. The number of carbonyl (C=O) groups is 1. The summed E-state index contributed by atoms with van der Waals surface area (Å²) in [6, 6.07) is 10.4. The van der Waals surface area contributed by atoms with Crippen LogP contribution in [0.5, 0.6) is 5.75 Å². The first-order chi connectivity index (χ1) is 12.2. The minimum Gasteiger partial charge on any atom is -0.378 e. The predicted molar refractivity (Wildman–Crippen MR) is 110 cm³/mol. The average Bonchev–Trinajstić information content (AvgIpc) is 2.88. The lowest BCUT2D eigenvalue weighted by molar-refractivity contribution is -0.115. The topological polar surface area (TPSA) is 72.5 Å². The van der Waals surface area contributed by atoms with E-state index in [0.717, 1.165) is 11.8 Å². The molecule has 3 rings (SSSR count). The van der Waals surface area contributed by atoms with Crippen molar-refractivity contribution in [3.8, 4) is 5.75 Å². The zero-order valence-corrected chi connectivity index (χ0v) is 17.5. The Morgan fingerprint density at radius 3 is 2.50 bits per heavy atom. The molecular weight excluding hydrogens is 482 g/mol. The van der Waals surface area contributed by atoms with E-state index in [0.29, 0.717) is 24.3 Å². The Kier molecular flexibility index (Phi) is 5.73. The first-order valence-electron chi connectivity index (χ1n) is 6.99. The van der Waals surface area contributed by atoms with Gasteiger partial charge < -0.3 is 9.50 Å². The Hall–Kier alpha value is -1.39. The number of carbonyl (C=O) groups excluding carboxylic acids is 1. The van der Waals surface area contributed by atoms with Crippen molar-refractivity contribution < 1.29 is 17.4 Å². The molecule has 0 unspecified atom stereocenters. The van der Waals surface area contributed by atoms with Gasteiger partial charge in [0, 0.05) is 15.1 Å². The Morgan fingerprint density at radius 2 is 1.88 bits per heavy atom. The van der Waals surface area contributed by atoms with Crippen molar-refractivity contribution in [2.45, 2.75) is 4.90 Å². The summed E-state index contributed by atoms with van der Waals surface area (Å²) in [7, 11) is -4.06. The van der Waals surface area contributed by atoms with Gasteiger partial charge in [-0.25, -0.2) is 0 Å². The number of thiocarbonyl (C=S) groups is 1. The quantitative estimate of drug-likeness (QED) is 0.390. The second-order valence-corrected chi connectivity index (χ2v) is 9.64. The van der Waals surface area contributed by atoms with Crippen LogP contribution in [0.4, 0.5) is 0 Å². The second-order valence-electron chi connectivity index (χ2n) is 5.03. The molecule has 0 bridgehead atoms. The van der Waals surface area contributed by atoms with Gasteiger partial charge in [-0.15, -0.1) is 0 Å². The number of rotatable bonds is 4. The van der Waals surface area contributed by atoms with Gasteiger partial charge in [-0.3, -0.25) is 4.79 Å². The van der Waals surface area contributed by atoms with Crippen LogP contribution in [0.1, 0.15) is 5.56 Å². The van der Waals surface area contributed by atoms with E-state index in [4.69, 9.17) is 28.0 Å². The predicted octanol–water partition coefficient (Wildman–Crippen LogP) is 4.36. The molecule has 5 nitrogen and oxygen atoms in total. The summed E-state index contributed by atoms with van der Waals surface area (Å²) >= 11 is 15.2. The summed E-state index contributed by atoms with van der Waals surface area (Å²) in [5, 5.41) is 2.92. The highest BCUT2D eigenvalue weighted by Crippen LogP contribution is 2.32. The molecule has 2 aromatic carbocycles. The van der Waals surface area contributed by atoms with E-state index in [2.05, 4.69) is 21.2 Å². The van der Waals surface area contributed by atoms with Crippen LogP contribution >= 0.6 is 51.5 Å². The molecule has 1 heterocycles. The fourth-order valence-electron chi connectivity index (χ4n) is 2.04. The summed E-state index contributed by atoms with van der Waals surface area (Å²) in [5.74, 6) is -0.256. The maximum Gasteiger partial charge on any atom is 0.339 e. The van der Waals surface area contributed by atoms with Gasteiger partial charge in [-0.05, 0) is 48.5 Å². The van der Waals surface area contributed by atoms with Crippen LogP contribution in [0.2, 0.25) is 5.02 Å². The lowest BCUT2D eigenvalue weighted by Gasteiger charge is -2.10. The van der Waals surface area contributed by atoms with Gasteiger partial charge in [0.1, 0.15) is 15.0 Å². The van der Waals surface area contributed by atoms with Crippen molar-refractivity contribution in [1.29, 1.82) is 0 Å². The molecule has 10 heteroatoms. The fraction of sp³-hybridized carbons (Fsp3) is 0. The largest absolute Gasteiger partial charge is 0.378 e. The van der Waals surface area contributed by atoms with Gasteiger partial charge in [0.15, 0.2) is 0 Å². The van der Waals surface area contributed by atoms with Gasteiger partial charge >= 0.3 is 10.1 Å². The lowest BCUT2D eigenvalue weighted by Crippen LogP contribution is -2.17. The fourth-order valence-corrected chi connectivity index (χ4v) is 4.53. The minimum atomic E-state index is -4.06. The summed E-state index contributed by atoms with van der Waals surface area (Å²) in [6.07, 6.45) is 1.52. The van der Waals surface area contributed by atoms with Crippen LogP contribution in [0.25, 0.3) is 6.08 Å². The second kappa shape index (κ2) is 7.69. The molecule has 0 saturated carbocycles. The van der Waals surface area contributed by atoms with Crippen LogP contribution in [0, 0.1) is 0 Å². The number of benzene rings is 2. The number of amides is 1. The highest BCUT2D eigenvalue weighted by atomic mass is 79.9. The minimum absolute atomic E-state index is 0.0300. The zero-order valence-electron chi connectivity index (χ0n) is 12.7. The summed E-state index contributed by atoms with van der Waals surface area (Å²) < 4.78 is 31.3. The molecule has 0 spiro atoms. The molecular formula is C16H9BrClNO4S3. The monoisotopic (exact) mass is 489 g/mol. The van der Waals surface area contributed by atoms with Gasteiger partial charge in [0.05, 0.1) is 4.91 Å². The molecule has 26 heavy (non-hydrogen) atoms. The van der Waals surface area contributed by atoms with Crippen molar-refractivity contribution in [3.63, 3.8) is 0 Å². The van der Waals surface area contributed by atoms with Crippen LogP contribution in [0.3, 0.4) is 0 Å². The third-order valence-electron chi connectivity index (χ3n) is 3.20. The Balaban J connectivity index is 1.98. The Labute approximate surface area is 173 Å². The van der Waals surface area contributed by atoms with Crippen molar-refractivity contribution in [2.75, 3.05) is 0 Å². The number of halogens is 2. The molecule has 1 amide bonds. The van der Waals surface area contributed by atoms with Gasteiger partial charge in [-0.1, -0.05) is 51.5 Å². The smallest absolute Gasteiger partial charge is 0.339 e. The van der Waals surface area contributed by atoms with Crippen molar-refractivity contribution in [3.05, 3.63) is 62.4 Å². The highest BCUT2D eigenvalue weighted by molar-refractivity contribution is 9.10. The summed E-state index contributed by atoms with van der Waals surface area (Å²) in [5.41, 5.74) is 0.416. The average molecular weight is 491 g/mol. The number of nitrogens with one attached hydrogen (secondary N) is 1. The Bertz CT molecular complexity index is 1040. The first kappa shape index (κ1) is 19.4. The molecule has 1 fully saturated rings. The van der Waals surface area contributed by atoms with Crippen LogP contribution in [0.15, 0.2) is 56.7 Å². The zero-order chi connectivity index (χ0) is 18.9. The van der Waals surface area contributed by atoms with Crippen molar-refractivity contribution in [2.24, 2.45) is 0 Å². The standard InChI is InChI=1S/C16H9BrClNO4S3/c17-10-1-6-13(9(7-10)8-14-15(20)19-16(24)25-14)23-26(21,22)12-4-2-11(18)3-5-12/h1-8H,(H,19,20,24)/b14-8-. The van der Waals surface area contributed by atoms with Crippen LogP contribution in [-0.4, -0.2) is 18.6 Å². The van der Waals surface area contributed by atoms with E-state index < -0.39 is 10.1 Å². The molecule has 0 aliphatic carbocycles. The molecule has 1 saturated heterocycles. The summed E-state index contributed by atoms with van der Waals surface area (Å²) in [6.45, 7) is 0. The van der Waals surface area contributed by atoms with Gasteiger partial charge in [0.2, 0.25) is 0 Å². The van der Waals surface area contributed by atoms with Crippen LogP contribution in [-0.2, 0) is 14.9 Å². The third kappa shape index (κ3) is 4.47. The summed E-state index contributed by atoms with van der Waals surface area (Å²) in [4.78, 5) is 12.2. The van der Waals surface area contributed by atoms with Crippen molar-refractivity contribution in [1.82, 2.24) is 5.32 Å². The van der Waals surface area contributed by atoms with Crippen LogP contribution < -0.4 is 9.50 Å². The Morgan fingerprint density at radius 1 is 1.19 bits per heavy atom. The number of hydrogen-bond acceptors (Lipinski definition) is 6. The molecule has 2 aromatic rings. The first-order valence-corrected chi connectivity index (χ1v) is 10.8. The maximum absolute atomic E-state index is 12.5. The molecule has 1 N–H and O–H groups in total. The van der Waals surface area contributed by atoms with Gasteiger partial charge in [-0.2, -0.15) is 8.42 Å². The number of hydrogen-bond donors (Lipinski definition) is 1. The van der Waals surface area contributed by atoms with E-state index in [-0.39, 0.29) is 16.6 Å². The molecule has 0 radical (unpaired) electrons. The molecule has 1 aliphatic heterocycles. The van der Waals surface area contributed by atoms with E-state index in [1.54, 1.807) is 12.1 Å². The third-order valence-corrected chi connectivity index (χ3v) is 6.36. The lowest BCUT2D eigenvalue weighted by atomic mass is 10.2. The van der Waals surface area contributed by atoms with E-state index in [1.807, 2.05) is 0 Å². The van der Waals surface area contributed by atoms with Crippen molar-refractivity contribution >= 4 is 77.9 Å². The molecule has 1 aliphatic rings. The normalized spacial score (nSPS) is 16.0. The van der Waals surface area contributed by atoms with E-state index in [9.17, 15) is 13.2 Å². The SMILES string of the molecule is O=C1NC(=S)S/C1=C\c1cc(Br)ccc1OS(=O)(=O)c1ccc(Cl)cc1. The van der Waals surface area contributed by atoms with Gasteiger partial charge in [0.25, 0.3) is 5.91 Å². The maximum atomic E-state index is 12.5. The van der Waals surface area contributed by atoms with E-state index in [1.165, 1.54) is 36.4 Å². The molecule has 0 aromatic heterocycles.